The second-order valence-electron chi connectivity index (χ2n) is 4.02. The zero-order chi connectivity index (χ0) is 14.5. The van der Waals surface area contributed by atoms with Crippen LogP contribution in [0.1, 0.15) is 5.56 Å². The van der Waals surface area contributed by atoms with Crippen molar-refractivity contribution in [2.45, 2.75) is 14.7 Å². The summed E-state index contributed by atoms with van der Waals surface area (Å²) in [6, 6.07) is 13.8. The molecule has 0 radical (unpaired) electrons. The van der Waals surface area contributed by atoms with Crippen LogP contribution in [0.15, 0.2) is 57.2 Å². The molecule has 0 heterocycles. The largest absolute Gasteiger partial charge is 0.497 e. The Morgan fingerprint density at radius 3 is 2.30 bits per heavy atom. The van der Waals surface area contributed by atoms with E-state index in [9.17, 15) is 0 Å². The van der Waals surface area contributed by atoms with E-state index in [-0.39, 0.29) is 5.84 Å². The second kappa shape index (κ2) is 6.72. The molecule has 0 saturated heterocycles. The van der Waals surface area contributed by atoms with Gasteiger partial charge in [-0.1, -0.05) is 17.8 Å². The average Bonchev–Trinajstić information content (AvgIpc) is 2.47. The summed E-state index contributed by atoms with van der Waals surface area (Å²) in [5.74, 6) is 0.935. The van der Waals surface area contributed by atoms with Crippen LogP contribution in [0, 0.1) is 5.41 Å². The van der Waals surface area contributed by atoms with Crippen molar-refractivity contribution in [2.24, 2.45) is 5.73 Å². The molecule has 0 spiro atoms. The number of hydrogen-bond acceptors (Lipinski definition) is 4. The molecule has 0 amide bonds. The smallest absolute Gasteiger partial charge is 0.125 e. The SMILES string of the molecule is COc1ccc(Sc2cccc(SC)c2C(=N)N)cc1. The first kappa shape index (κ1) is 14.8. The first-order valence-electron chi connectivity index (χ1n) is 5.99. The van der Waals surface area contributed by atoms with E-state index < -0.39 is 0 Å². The van der Waals surface area contributed by atoms with Gasteiger partial charge in [-0.2, -0.15) is 0 Å². The van der Waals surface area contributed by atoms with Gasteiger partial charge in [0.05, 0.1) is 7.11 Å². The maximum absolute atomic E-state index is 7.78. The van der Waals surface area contributed by atoms with Crippen molar-refractivity contribution in [1.29, 1.82) is 5.41 Å². The van der Waals surface area contributed by atoms with Gasteiger partial charge in [-0.15, -0.1) is 11.8 Å². The summed E-state index contributed by atoms with van der Waals surface area (Å²) < 4.78 is 5.15. The monoisotopic (exact) mass is 304 g/mol. The predicted molar refractivity (Wildman–Crippen MR) is 86.4 cm³/mol. The molecule has 0 atom stereocenters. The molecule has 104 valence electrons. The highest BCUT2D eigenvalue weighted by molar-refractivity contribution is 8.00. The van der Waals surface area contributed by atoms with E-state index in [0.717, 1.165) is 26.0 Å². The van der Waals surface area contributed by atoms with Crippen LogP contribution in [0.3, 0.4) is 0 Å². The van der Waals surface area contributed by atoms with Crippen LogP contribution >= 0.6 is 23.5 Å². The molecular weight excluding hydrogens is 288 g/mol. The topological polar surface area (TPSA) is 59.1 Å². The molecule has 0 aromatic heterocycles. The van der Waals surface area contributed by atoms with Crippen molar-refractivity contribution >= 4 is 29.4 Å². The van der Waals surface area contributed by atoms with Crippen molar-refractivity contribution in [1.82, 2.24) is 0 Å². The Hall–Kier alpha value is -1.59. The molecule has 0 bridgehead atoms. The van der Waals surface area contributed by atoms with Gasteiger partial charge in [-0.05, 0) is 42.7 Å². The Bertz CT molecular complexity index is 612. The predicted octanol–water partition coefficient (Wildman–Crippen LogP) is 3.85. The highest BCUT2D eigenvalue weighted by Crippen LogP contribution is 2.35. The number of benzene rings is 2. The number of ether oxygens (including phenoxy) is 1. The van der Waals surface area contributed by atoms with E-state index in [4.69, 9.17) is 15.9 Å². The Labute approximate surface area is 127 Å². The zero-order valence-electron chi connectivity index (χ0n) is 11.3. The molecule has 20 heavy (non-hydrogen) atoms. The second-order valence-corrected chi connectivity index (χ2v) is 5.99. The molecule has 2 rings (SSSR count). The number of nitrogens with two attached hydrogens (primary N) is 1. The summed E-state index contributed by atoms with van der Waals surface area (Å²) in [4.78, 5) is 3.11. The number of nitrogen functional groups attached to an aromatic ring is 1. The molecule has 5 heteroatoms. The van der Waals surface area contributed by atoms with Gasteiger partial charge in [0.15, 0.2) is 0 Å². The highest BCUT2D eigenvalue weighted by Gasteiger charge is 2.11. The van der Waals surface area contributed by atoms with Gasteiger partial charge in [-0.25, -0.2) is 0 Å². The maximum Gasteiger partial charge on any atom is 0.125 e. The summed E-state index contributed by atoms with van der Waals surface area (Å²) in [6.07, 6.45) is 1.99. The molecule has 2 aromatic rings. The summed E-state index contributed by atoms with van der Waals surface area (Å²) in [5, 5.41) is 7.78. The van der Waals surface area contributed by atoms with Gasteiger partial charge in [0.2, 0.25) is 0 Å². The van der Waals surface area contributed by atoms with E-state index in [1.54, 1.807) is 30.6 Å². The number of thioether (sulfide) groups is 1. The van der Waals surface area contributed by atoms with Crippen molar-refractivity contribution in [3.05, 3.63) is 48.0 Å². The molecule has 3 nitrogen and oxygen atoms in total. The Morgan fingerprint density at radius 1 is 1.10 bits per heavy atom. The molecule has 0 unspecified atom stereocenters. The molecule has 0 aliphatic heterocycles. The third kappa shape index (κ3) is 3.29. The molecule has 2 aromatic carbocycles. The first-order chi connectivity index (χ1) is 9.65. The molecule has 0 fully saturated rings. The molecule has 0 aliphatic rings. The van der Waals surface area contributed by atoms with Crippen LogP contribution in [-0.4, -0.2) is 19.2 Å². The third-order valence-corrected chi connectivity index (χ3v) is 4.61. The van der Waals surface area contributed by atoms with Crippen LogP contribution < -0.4 is 10.5 Å². The third-order valence-electron chi connectivity index (χ3n) is 2.76. The van der Waals surface area contributed by atoms with Gasteiger partial charge in [0.25, 0.3) is 0 Å². The van der Waals surface area contributed by atoms with E-state index >= 15 is 0 Å². The normalized spacial score (nSPS) is 10.3. The minimum atomic E-state index is 0.103. The summed E-state index contributed by atoms with van der Waals surface area (Å²) in [6.45, 7) is 0. The summed E-state index contributed by atoms with van der Waals surface area (Å²) >= 11 is 3.20. The fourth-order valence-electron chi connectivity index (χ4n) is 1.80. The van der Waals surface area contributed by atoms with Crippen LogP contribution in [-0.2, 0) is 0 Å². The fraction of sp³-hybridized carbons (Fsp3) is 0.133. The van der Waals surface area contributed by atoms with E-state index in [0.29, 0.717) is 0 Å². The Balaban J connectivity index is 2.34. The van der Waals surface area contributed by atoms with E-state index in [1.807, 2.05) is 48.7 Å². The van der Waals surface area contributed by atoms with Gasteiger partial charge >= 0.3 is 0 Å². The van der Waals surface area contributed by atoms with Crippen molar-refractivity contribution in [2.75, 3.05) is 13.4 Å². The number of rotatable bonds is 5. The number of hydrogen-bond donors (Lipinski definition) is 2. The van der Waals surface area contributed by atoms with Gasteiger partial charge in [0, 0.05) is 20.2 Å². The number of nitrogens with one attached hydrogen (secondary N) is 1. The first-order valence-corrected chi connectivity index (χ1v) is 8.03. The van der Waals surface area contributed by atoms with E-state index in [2.05, 4.69) is 0 Å². The Kier molecular flexibility index (Phi) is 4.98. The summed E-state index contributed by atoms with van der Waals surface area (Å²) in [7, 11) is 1.65. The zero-order valence-corrected chi connectivity index (χ0v) is 13.0. The van der Waals surface area contributed by atoms with Crippen molar-refractivity contribution < 1.29 is 4.74 Å². The lowest BCUT2D eigenvalue weighted by atomic mass is 10.2. The van der Waals surface area contributed by atoms with Gasteiger partial charge in [0.1, 0.15) is 11.6 Å². The average molecular weight is 304 g/mol. The van der Waals surface area contributed by atoms with Gasteiger partial charge < -0.3 is 10.5 Å². The molecule has 3 N–H and O–H groups in total. The lowest BCUT2D eigenvalue weighted by molar-refractivity contribution is 0.414. The van der Waals surface area contributed by atoms with Gasteiger partial charge in [-0.3, -0.25) is 5.41 Å². The van der Waals surface area contributed by atoms with Crippen molar-refractivity contribution in [3.63, 3.8) is 0 Å². The summed E-state index contributed by atoms with van der Waals surface area (Å²) in [5.41, 5.74) is 6.53. The van der Waals surface area contributed by atoms with E-state index in [1.165, 1.54) is 0 Å². The van der Waals surface area contributed by atoms with Crippen LogP contribution in [0.5, 0.6) is 5.75 Å². The molecule has 0 saturated carbocycles. The lowest BCUT2D eigenvalue weighted by Crippen LogP contribution is -2.13. The minimum absolute atomic E-state index is 0.103. The quantitative estimate of drug-likeness (QED) is 0.500. The Morgan fingerprint density at radius 2 is 1.75 bits per heavy atom. The maximum atomic E-state index is 7.78. The number of methoxy groups -OCH3 is 1. The van der Waals surface area contributed by atoms with Crippen LogP contribution in [0.25, 0.3) is 0 Å². The fourth-order valence-corrected chi connectivity index (χ4v) is 3.50. The molecule has 0 aliphatic carbocycles. The standard InChI is InChI=1S/C15H16N2OS2/c1-18-10-6-8-11(9-7-10)20-13-5-3-4-12(19-2)14(13)15(16)17/h3-9H,1-2H3,(H3,16,17). The van der Waals surface area contributed by atoms with Crippen molar-refractivity contribution in [3.8, 4) is 5.75 Å². The van der Waals surface area contributed by atoms with Crippen LogP contribution in [0.2, 0.25) is 0 Å². The van der Waals surface area contributed by atoms with Crippen LogP contribution in [0.4, 0.5) is 0 Å². The molecular formula is C15H16N2OS2. The highest BCUT2D eigenvalue weighted by atomic mass is 32.2. The number of amidine groups is 1. The lowest BCUT2D eigenvalue weighted by Gasteiger charge is -2.12. The minimum Gasteiger partial charge on any atom is -0.497 e.